The van der Waals surface area contributed by atoms with E-state index in [4.69, 9.17) is 14.0 Å². The maximum absolute atomic E-state index is 12.8. The maximum atomic E-state index is 12.8. The van der Waals surface area contributed by atoms with Gasteiger partial charge < -0.3 is 18.9 Å². The first kappa shape index (κ1) is 17.8. The number of amides is 2. The fourth-order valence-electron chi connectivity index (χ4n) is 4.66. The Labute approximate surface area is 154 Å². The monoisotopic (exact) mass is 363 g/mol. The van der Waals surface area contributed by atoms with Gasteiger partial charge in [0.1, 0.15) is 11.4 Å². The van der Waals surface area contributed by atoms with Crippen LogP contribution in [0, 0.1) is 0 Å². The highest BCUT2D eigenvalue weighted by Gasteiger charge is 2.49. The fourth-order valence-corrected chi connectivity index (χ4v) is 4.66. The number of carbonyl (C=O) groups excluding carboxylic acids is 1. The summed E-state index contributed by atoms with van der Waals surface area (Å²) < 4.78 is 17.4. The van der Waals surface area contributed by atoms with Crippen LogP contribution in [0.5, 0.6) is 0 Å². The van der Waals surface area contributed by atoms with Crippen molar-refractivity contribution in [1.82, 2.24) is 10.1 Å². The van der Waals surface area contributed by atoms with Gasteiger partial charge in [-0.25, -0.2) is 4.79 Å². The topological polar surface area (TPSA) is 76.8 Å². The Balaban J connectivity index is 1.44. The second-order valence-electron chi connectivity index (χ2n) is 8.41. The summed E-state index contributed by atoms with van der Waals surface area (Å²) in [5.74, 6) is 1.36. The Morgan fingerprint density at radius 2 is 2.08 bits per heavy atom. The second kappa shape index (κ2) is 6.53. The second-order valence-corrected chi connectivity index (χ2v) is 8.41. The van der Waals surface area contributed by atoms with Crippen molar-refractivity contribution < 1.29 is 18.8 Å². The average molecular weight is 363 g/mol. The maximum Gasteiger partial charge on any atom is 0.323 e. The Kier molecular flexibility index (Phi) is 4.47. The third-order valence-corrected chi connectivity index (χ3v) is 6.34. The van der Waals surface area contributed by atoms with Crippen LogP contribution in [0.4, 0.5) is 10.6 Å². The lowest BCUT2D eigenvalue weighted by atomic mass is 9.86. The van der Waals surface area contributed by atoms with Gasteiger partial charge in [-0.1, -0.05) is 24.9 Å². The first-order chi connectivity index (χ1) is 12.4. The molecule has 1 aromatic rings. The zero-order valence-electron chi connectivity index (χ0n) is 15.9. The van der Waals surface area contributed by atoms with Crippen molar-refractivity contribution in [3.05, 3.63) is 11.8 Å². The van der Waals surface area contributed by atoms with Gasteiger partial charge in [0.05, 0.1) is 18.8 Å². The first-order valence-corrected chi connectivity index (χ1v) is 9.73. The highest BCUT2D eigenvalue weighted by atomic mass is 16.6. The number of hydrogen-bond donors (Lipinski definition) is 1. The lowest BCUT2D eigenvalue weighted by Crippen LogP contribution is -2.60. The molecule has 2 amide bonds. The van der Waals surface area contributed by atoms with Crippen molar-refractivity contribution in [2.75, 3.05) is 25.0 Å². The van der Waals surface area contributed by atoms with Crippen molar-refractivity contribution >= 4 is 11.8 Å². The first-order valence-electron chi connectivity index (χ1n) is 9.73. The van der Waals surface area contributed by atoms with E-state index in [1.807, 2.05) is 24.8 Å². The van der Waals surface area contributed by atoms with Gasteiger partial charge in [0.2, 0.25) is 0 Å². The van der Waals surface area contributed by atoms with Crippen LogP contribution in [0.1, 0.15) is 58.6 Å². The van der Waals surface area contributed by atoms with Gasteiger partial charge >= 0.3 is 6.03 Å². The molecule has 1 aliphatic carbocycles. The minimum atomic E-state index is -0.401. The molecule has 1 spiro atoms. The summed E-state index contributed by atoms with van der Waals surface area (Å²) >= 11 is 0. The van der Waals surface area contributed by atoms with Crippen molar-refractivity contribution in [2.45, 2.75) is 76.1 Å². The normalized spacial score (nSPS) is 33.7. The van der Waals surface area contributed by atoms with Gasteiger partial charge in [0.15, 0.2) is 5.82 Å². The number of carbonyl (C=O) groups is 1. The van der Waals surface area contributed by atoms with Crippen LogP contribution in [0.25, 0.3) is 0 Å². The van der Waals surface area contributed by atoms with E-state index in [0.717, 1.165) is 25.0 Å². The Bertz CT molecular complexity index is 669. The van der Waals surface area contributed by atoms with Crippen LogP contribution >= 0.6 is 0 Å². The van der Waals surface area contributed by atoms with Crippen LogP contribution < -0.4 is 5.32 Å². The van der Waals surface area contributed by atoms with Crippen molar-refractivity contribution in [3.8, 4) is 0 Å². The van der Waals surface area contributed by atoms with Gasteiger partial charge in [-0.05, 0) is 26.7 Å². The lowest BCUT2D eigenvalue weighted by Gasteiger charge is -2.44. The molecule has 0 aromatic carbocycles. The summed E-state index contributed by atoms with van der Waals surface area (Å²) in [6.45, 7) is 8.00. The molecule has 1 saturated carbocycles. The Morgan fingerprint density at radius 3 is 2.77 bits per heavy atom. The highest BCUT2D eigenvalue weighted by molar-refractivity contribution is 5.88. The van der Waals surface area contributed by atoms with Crippen LogP contribution in [0.15, 0.2) is 10.6 Å². The number of hydrogen-bond acceptors (Lipinski definition) is 5. The summed E-state index contributed by atoms with van der Waals surface area (Å²) in [5, 5.41) is 6.97. The summed E-state index contributed by atoms with van der Waals surface area (Å²) in [7, 11) is 0. The zero-order chi connectivity index (χ0) is 18.4. The van der Waals surface area contributed by atoms with Crippen molar-refractivity contribution in [3.63, 3.8) is 0 Å². The molecule has 144 valence electrons. The van der Waals surface area contributed by atoms with E-state index in [2.05, 4.69) is 17.4 Å². The van der Waals surface area contributed by atoms with E-state index in [1.165, 1.54) is 12.8 Å². The van der Waals surface area contributed by atoms with E-state index in [9.17, 15) is 4.79 Å². The number of rotatable bonds is 2. The number of ether oxygens (including phenoxy) is 2. The van der Waals surface area contributed by atoms with Gasteiger partial charge in [-0.3, -0.25) is 5.32 Å². The smallest absolute Gasteiger partial charge is 0.323 e. The molecular weight excluding hydrogens is 334 g/mol. The number of nitrogens with one attached hydrogen (secondary N) is 1. The van der Waals surface area contributed by atoms with Gasteiger partial charge in [0, 0.05) is 31.1 Å². The molecule has 7 heteroatoms. The highest BCUT2D eigenvalue weighted by Crippen LogP contribution is 2.41. The largest absolute Gasteiger partial charge is 0.375 e. The summed E-state index contributed by atoms with van der Waals surface area (Å²) in [4.78, 5) is 14.6. The van der Waals surface area contributed by atoms with Gasteiger partial charge in [-0.2, -0.15) is 0 Å². The quantitative estimate of drug-likeness (QED) is 0.872. The zero-order valence-corrected chi connectivity index (χ0v) is 15.9. The molecule has 3 aliphatic rings. The molecule has 3 atom stereocenters. The molecule has 4 rings (SSSR count). The molecule has 3 fully saturated rings. The van der Waals surface area contributed by atoms with Crippen LogP contribution in [-0.4, -0.2) is 53.6 Å². The number of urea groups is 1. The van der Waals surface area contributed by atoms with Gasteiger partial charge in [0.25, 0.3) is 0 Å². The SMILES string of the molecule is CC1CN(C(=O)Nc2cc(C3(C)CCCC3)on2)CC2(CCOC2C)O1. The number of morpholine rings is 1. The van der Waals surface area contributed by atoms with Crippen LogP contribution in [0.2, 0.25) is 0 Å². The van der Waals surface area contributed by atoms with Crippen LogP contribution in [0.3, 0.4) is 0 Å². The van der Waals surface area contributed by atoms with E-state index in [0.29, 0.717) is 25.5 Å². The lowest BCUT2D eigenvalue weighted by molar-refractivity contribution is -0.159. The number of aromatic nitrogens is 1. The minimum absolute atomic E-state index is 0.0125. The molecule has 26 heavy (non-hydrogen) atoms. The third-order valence-electron chi connectivity index (χ3n) is 6.34. The average Bonchev–Trinajstić information content (AvgIpc) is 3.30. The van der Waals surface area contributed by atoms with E-state index in [-0.39, 0.29) is 23.7 Å². The summed E-state index contributed by atoms with van der Waals surface area (Å²) in [5.41, 5.74) is -0.356. The van der Waals surface area contributed by atoms with Crippen LogP contribution in [-0.2, 0) is 14.9 Å². The van der Waals surface area contributed by atoms with E-state index in [1.54, 1.807) is 0 Å². The molecule has 3 heterocycles. The van der Waals surface area contributed by atoms with E-state index >= 15 is 0 Å². The molecular formula is C19H29N3O4. The molecule has 0 bridgehead atoms. The predicted molar refractivity (Wildman–Crippen MR) is 96.2 cm³/mol. The number of anilines is 1. The Hall–Kier alpha value is -1.60. The van der Waals surface area contributed by atoms with Crippen molar-refractivity contribution in [1.29, 1.82) is 0 Å². The van der Waals surface area contributed by atoms with Gasteiger partial charge in [-0.15, -0.1) is 0 Å². The Morgan fingerprint density at radius 1 is 1.31 bits per heavy atom. The number of nitrogens with zero attached hydrogens (tertiary/aromatic N) is 2. The molecule has 7 nitrogen and oxygen atoms in total. The molecule has 0 radical (unpaired) electrons. The van der Waals surface area contributed by atoms with Crippen molar-refractivity contribution in [2.24, 2.45) is 0 Å². The molecule has 3 unspecified atom stereocenters. The summed E-state index contributed by atoms with van der Waals surface area (Å²) in [6.07, 6.45) is 5.42. The third kappa shape index (κ3) is 3.11. The fraction of sp³-hybridized carbons (Fsp3) is 0.789. The standard InChI is InChI=1S/C19H29N3O4/c1-13-11-22(12-19(25-13)8-9-24-14(19)2)17(23)20-16-10-15(26-21-16)18(3)6-4-5-7-18/h10,13-14H,4-9,11-12H2,1-3H3,(H,20,21,23). The molecule has 2 saturated heterocycles. The van der Waals surface area contributed by atoms with E-state index < -0.39 is 5.60 Å². The molecule has 1 aromatic heterocycles. The molecule has 2 aliphatic heterocycles. The summed E-state index contributed by atoms with van der Waals surface area (Å²) in [6, 6.07) is 1.72. The predicted octanol–water partition coefficient (Wildman–Crippen LogP) is 3.31. The minimum Gasteiger partial charge on any atom is -0.375 e. The molecule has 1 N–H and O–H groups in total.